The highest BCUT2D eigenvalue weighted by Crippen LogP contribution is 2.39. The SMILES string of the molecule is CCCCC1CCC(C(O)c2ccc(OC)cc2C)CC1. The third-order valence-electron chi connectivity index (χ3n) is 5.10. The molecule has 0 saturated heterocycles. The molecule has 1 aromatic rings. The van der Waals surface area contributed by atoms with Crippen molar-refractivity contribution in [1.29, 1.82) is 0 Å². The zero-order valence-electron chi connectivity index (χ0n) is 13.8. The molecular weight excluding hydrogens is 260 g/mol. The van der Waals surface area contributed by atoms with Gasteiger partial charge in [-0.15, -0.1) is 0 Å². The van der Waals surface area contributed by atoms with Crippen molar-refractivity contribution < 1.29 is 9.84 Å². The number of hydrogen-bond donors (Lipinski definition) is 1. The molecule has 0 radical (unpaired) electrons. The van der Waals surface area contributed by atoms with E-state index in [0.717, 1.165) is 22.8 Å². The van der Waals surface area contributed by atoms with Crippen LogP contribution in [0, 0.1) is 18.8 Å². The van der Waals surface area contributed by atoms with Gasteiger partial charge in [0.1, 0.15) is 5.75 Å². The Kier molecular flexibility index (Phi) is 6.10. The Hall–Kier alpha value is -1.02. The van der Waals surface area contributed by atoms with Gasteiger partial charge in [0, 0.05) is 0 Å². The lowest BCUT2D eigenvalue weighted by Gasteiger charge is -2.32. The summed E-state index contributed by atoms with van der Waals surface area (Å²) in [5.41, 5.74) is 2.21. The van der Waals surface area contributed by atoms with Crippen LogP contribution in [-0.4, -0.2) is 12.2 Å². The van der Waals surface area contributed by atoms with Gasteiger partial charge in [-0.2, -0.15) is 0 Å². The first kappa shape index (κ1) is 16.4. The molecule has 0 heterocycles. The lowest BCUT2D eigenvalue weighted by atomic mass is 9.76. The van der Waals surface area contributed by atoms with Crippen molar-refractivity contribution in [3.05, 3.63) is 29.3 Å². The molecule has 118 valence electrons. The van der Waals surface area contributed by atoms with E-state index in [2.05, 4.69) is 13.8 Å². The zero-order valence-corrected chi connectivity index (χ0v) is 13.8. The molecule has 1 fully saturated rings. The molecule has 2 heteroatoms. The van der Waals surface area contributed by atoms with E-state index in [-0.39, 0.29) is 6.10 Å². The van der Waals surface area contributed by atoms with Crippen molar-refractivity contribution in [2.45, 2.75) is 64.9 Å². The molecule has 1 aliphatic rings. The molecule has 1 saturated carbocycles. The molecule has 21 heavy (non-hydrogen) atoms. The molecule has 1 atom stereocenters. The number of aliphatic hydroxyl groups is 1. The maximum Gasteiger partial charge on any atom is 0.119 e. The lowest BCUT2D eigenvalue weighted by molar-refractivity contribution is 0.0715. The lowest BCUT2D eigenvalue weighted by Crippen LogP contribution is -2.21. The van der Waals surface area contributed by atoms with E-state index in [1.54, 1.807) is 7.11 Å². The van der Waals surface area contributed by atoms with Crippen molar-refractivity contribution in [2.75, 3.05) is 7.11 Å². The van der Waals surface area contributed by atoms with Gasteiger partial charge in [0.2, 0.25) is 0 Å². The average molecular weight is 290 g/mol. The number of ether oxygens (including phenoxy) is 1. The molecule has 2 nitrogen and oxygen atoms in total. The van der Waals surface area contributed by atoms with Crippen molar-refractivity contribution in [1.82, 2.24) is 0 Å². The molecule has 0 aromatic heterocycles. The van der Waals surface area contributed by atoms with E-state index in [9.17, 15) is 5.11 Å². The van der Waals surface area contributed by atoms with Gasteiger partial charge in [-0.05, 0) is 54.9 Å². The number of unbranched alkanes of at least 4 members (excludes halogenated alkanes) is 1. The minimum atomic E-state index is -0.317. The number of aryl methyl sites for hydroxylation is 1. The van der Waals surface area contributed by atoms with Crippen LogP contribution in [0.2, 0.25) is 0 Å². The zero-order chi connectivity index (χ0) is 15.2. The molecule has 1 unspecified atom stereocenters. The van der Waals surface area contributed by atoms with Crippen molar-refractivity contribution in [3.63, 3.8) is 0 Å². The Labute approximate surface area is 129 Å². The molecule has 2 rings (SSSR count). The second kappa shape index (κ2) is 7.84. The van der Waals surface area contributed by atoms with Gasteiger partial charge in [0.25, 0.3) is 0 Å². The Morgan fingerprint density at radius 3 is 2.52 bits per heavy atom. The van der Waals surface area contributed by atoms with Gasteiger partial charge in [-0.1, -0.05) is 45.1 Å². The summed E-state index contributed by atoms with van der Waals surface area (Å²) in [6.07, 6.45) is 8.63. The molecule has 1 N–H and O–H groups in total. The summed E-state index contributed by atoms with van der Waals surface area (Å²) >= 11 is 0. The Morgan fingerprint density at radius 1 is 1.24 bits per heavy atom. The molecule has 0 aliphatic heterocycles. The number of aliphatic hydroxyl groups excluding tert-OH is 1. The second-order valence-electron chi connectivity index (χ2n) is 6.59. The van der Waals surface area contributed by atoms with Crippen LogP contribution in [0.4, 0.5) is 0 Å². The van der Waals surface area contributed by atoms with E-state index in [1.807, 2.05) is 18.2 Å². The van der Waals surface area contributed by atoms with Crippen LogP contribution in [-0.2, 0) is 0 Å². The summed E-state index contributed by atoms with van der Waals surface area (Å²) in [4.78, 5) is 0. The highest BCUT2D eigenvalue weighted by Gasteiger charge is 2.27. The van der Waals surface area contributed by atoms with Gasteiger partial charge >= 0.3 is 0 Å². The topological polar surface area (TPSA) is 29.5 Å². The summed E-state index contributed by atoms with van der Waals surface area (Å²) in [6.45, 7) is 4.33. The fourth-order valence-corrected chi connectivity index (χ4v) is 3.65. The first-order chi connectivity index (χ1) is 10.2. The number of hydrogen-bond acceptors (Lipinski definition) is 2. The number of rotatable bonds is 6. The minimum absolute atomic E-state index is 0.317. The Bertz CT molecular complexity index is 433. The van der Waals surface area contributed by atoms with Crippen LogP contribution in [0.1, 0.15) is 69.1 Å². The maximum absolute atomic E-state index is 10.7. The van der Waals surface area contributed by atoms with Gasteiger partial charge in [0.05, 0.1) is 13.2 Å². The van der Waals surface area contributed by atoms with E-state index < -0.39 is 0 Å². The van der Waals surface area contributed by atoms with Crippen molar-refractivity contribution >= 4 is 0 Å². The normalized spacial score (nSPS) is 23.8. The van der Waals surface area contributed by atoms with Crippen LogP contribution in [0.3, 0.4) is 0 Å². The fraction of sp³-hybridized carbons (Fsp3) is 0.684. The highest BCUT2D eigenvalue weighted by molar-refractivity contribution is 5.36. The predicted octanol–water partition coefficient (Wildman–Crippen LogP) is 5.03. The predicted molar refractivity (Wildman–Crippen MR) is 87.7 cm³/mol. The van der Waals surface area contributed by atoms with E-state index in [1.165, 1.54) is 44.9 Å². The minimum Gasteiger partial charge on any atom is -0.497 e. The highest BCUT2D eigenvalue weighted by atomic mass is 16.5. The average Bonchev–Trinajstić information content (AvgIpc) is 2.52. The van der Waals surface area contributed by atoms with Gasteiger partial charge < -0.3 is 9.84 Å². The molecular formula is C19H30O2. The standard InChI is InChI=1S/C19H30O2/c1-4-5-6-15-7-9-16(10-8-15)19(20)18-12-11-17(21-3)13-14(18)2/h11-13,15-16,19-20H,4-10H2,1-3H3. The summed E-state index contributed by atoms with van der Waals surface area (Å²) in [5.74, 6) is 2.19. The Morgan fingerprint density at radius 2 is 1.95 bits per heavy atom. The first-order valence-corrected chi connectivity index (χ1v) is 8.48. The number of benzene rings is 1. The van der Waals surface area contributed by atoms with Crippen molar-refractivity contribution in [2.24, 2.45) is 11.8 Å². The van der Waals surface area contributed by atoms with E-state index >= 15 is 0 Å². The summed E-state index contributed by atoms with van der Waals surface area (Å²) in [7, 11) is 1.68. The second-order valence-corrected chi connectivity index (χ2v) is 6.59. The van der Waals surface area contributed by atoms with Gasteiger partial charge in [-0.3, -0.25) is 0 Å². The van der Waals surface area contributed by atoms with Crippen molar-refractivity contribution in [3.8, 4) is 5.75 Å². The third kappa shape index (κ3) is 4.23. The Balaban J connectivity index is 1.94. The van der Waals surface area contributed by atoms with Crippen LogP contribution >= 0.6 is 0 Å². The van der Waals surface area contributed by atoms with Crippen LogP contribution in [0.15, 0.2) is 18.2 Å². The monoisotopic (exact) mass is 290 g/mol. The van der Waals surface area contributed by atoms with Crippen LogP contribution in [0.5, 0.6) is 5.75 Å². The molecule has 0 spiro atoms. The summed E-state index contributed by atoms with van der Waals surface area (Å²) in [5, 5.41) is 10.7. The molecule has 1 aliphatic carbocycles. The van der Waals surface area contributed by atoms with E-state index in [4.69, 9.17) is 4.74 Å². The van der Waals surface area contributed by atoms with Crippen LogP contribution < -0.4 is 4.74 Å². The molecule has 1 aromatic carbocycles. The van der Waals surface area contributed by atoms with E-state index in [0.29, 0.717) is 5.92 Å². The smallest absolute Gasteiger partial charge is 0.119 e. The molecule has 0 amide bonds. The summed E-state index contributed by atoms with van der Waals surface area (Å²) in [6, 6.07) is 6.01. The summed E-state index contributed by atoms with van der Waals surface area (Å²) < 4.78 is 5.25. The van der Waals surface area contributed by atoms with Crippen LogP contribution in [0.25, 0.3) is 0 Å². The number of methoxy groups -OCH3 is 1. The van der Waals surface area contributed by atoms with Gasteiger partial charge in [0.15, 0.2) is 0 Å². The quantitative estimate of drug-likeness (QED) is 0.796. The largest absolute Gasteiger partial charge is 0.497 e. The molecule has 0 bridgehead atoms. The maximum atomic E-state index is 10.7. The van der Waals surface area contributed by atoms with Gasteiger partial charge in [-0.25, -0.2) is 0 Å². The first-order valence-electron chi connectivity index (χ1n) is 8.48. The fourth-order valence-electron chi connectivity index (χ4n) is 3.65. The third-order valence-corrected chi connectivity index (χ3v) is 5.10.